The summed E-state index contributed by atoms with van der Waals surface area (Å²) >= 11 is 0. The maximum Gasteiger partial charge on any atom is 0.331 e. The molecule has 0 aromatic rings. The highest BCUT2D eigenvalue weighted by Gasteiger charge is 2.61. The molecule has 2 fully saturated rings. The van der Waals surface area contributed by atoms with Gasteiger partial charge in [-0.1, -0.05) is 64.8 Å². The van der Waals surface area contributed by atoms with E-state index >= 15 is 0 Å². The van der Waals surface area contributed by atoms with Gasteiger partial charge in [0, 0.05) is 17.4 Å². The Balaban J connectivity index is 1.63. The molecular weight excluding hydrogens is 424 g/mol. The fraction of sp³-hybridized carbons (Fsp3) is 0.733. The van der Waals surface area contributed by atoms with Crippen molar-refractivity contribution in [3.8, 4) is 0 Å². The number of fused-ring (bicyclic) bond motifs is 5. The van der Waals surface area contributed by atoms with Crippen molar-refractivity contribution >= 4 is 11.8 Å². The summed E-state index contributed by atoms with van der Waals surface area (Å²) in [7, 11) is 0. The molecule has 4 aliphatic carbocycles. The van der Waals surface area contributed by atoms with Gasteiger partial charge >= 0.3 is 5.97 Å². The highest BCUT2D eigenvalue weighted by atomic mass is 16.4. The standard InChI is InChI=1S/C30H44O4/c1-18(26(33)34)16-20(31)17-19(2)28(5)14-15-30(7)22-8-10-23-27(3,4)25(32)12-13-29(23,6)21(22)9-11-24(28)30/h8,11,16,19,21,23,25,32H,9-10,12-15,17H2,1-7H3,(H,33,34)/b18-16+/t19-,21-,23+,25-,28+,29-,30+/m1/s1. The van der Waals surface area contributed by atoms with Gasteiger partial charge in [0.2, 0.25) is 0 Å². The van der Waals surface area contributed by atoms with Crippen LogP contribution < -0.4 is 0 Å². The monoisotopic (exact) mass is 468 g/mol. The zero-order chi connectivity index (χ0) is 25.3. The van der Waals surface area contributed by atoms with Crippen molar-refractivity contribution in [2.24, 2.45) is 39.4 Å². The summed E-state index contributed by atoms with van der Waals surface area (Å²) < 4.78 is 0. The van der Waals surface area contributed by atoms with Crippen molar-refractivity contribution < 1.29 is 19.8 Å². The van der Waals surface area contributed by atoms with Gasteiger partial charge in [-0.05, 0) is 85.5 Å². The SMILES string of the molecule is C/C(=C\C(=O)C[C@@H](C)[C@]1(C)CC[C@@]2(C)C3=CC[C@H]4C(C)(C)[C@H](O)CC[C@]4(C)[C@@H]3CC=C21)C(=O)O. The number of ketones is 1. The number of hydrogen-bond acceptors (Lipinski definition) is 3. The molecule has 7 atom stereocenters. The van der Waals surface area contributed by atoms with Gasteiger partial charge < -0.3 is 10.2 Å². The Morgan fingerprint density at radius 1 is 1.09 bits per heavy atom. The van der Waals surface area contributed by atoms with Crippen LogP contribution in [0.25, 0.3) is 0 Å². The van der Waals surface area contributed by atoms with Crippen molar-refractivity contribution in [3.05, 3.63) is 34.9 Å². The summed E-state index contributed by atoms with van der Waals surface area (Å²) in [6.45, 7) is 15.4. The quantitative estimate of drug-likeness (QED) is 0.357. The lowest BCUT2D eigenvalue weighted by Crippen LogP contribution is -2.55. The van der Waals surface area contributed by atoms with Crippen LogP contribution >= 0.6 is 0 Å². The highest BCUT2D eigenvalue weighted by molar-refractivity contribution is 5.98. The third kappa shape index (κ3) is 3.58. The number of carbonyl (C=O) groups excluding carboxylic acids is 1. The summed E-state index contributed by atoms with van der Waals surface area (Å²) in [6.07, 6.45) is 12.7. The first-order valence-electron chi connectivity index (χ1n) is 13.2. The number of aliphatic hydroxyl groups excluding tert-OH is 1. The third-order valence-electron chi connectivity index (χ3n) is 11.1. The van der Waals surface area contributed by atoms with E-state index in [1.165, 1.54) is 18.6 Å². The molecule has 0 aromatic heterocycles. The van der Waals surface area contributed by atoms with E-state index in [-0.39, 0.29) is 45.0 Å². The van der Waals surface area contributed by atoms with Gasteiger partial charge in [0.05, 0.1) is 6.10 Å². The minimum absolute atomic E-state index is 0.0377. The predicted molar refractivity (Wildman–Crippen MR) is 135 cm³/mol. The van der Waals surface area contributed by atoms with Gasteiger partial charge in [-0.25, -0.2) is 4.79 Å². The number of hydrogen-bond donors (Lipinski definition) is 2. The molecule has 0 aromatic carbocycles. The topological polar surface area (TPSA) is 74.6 Å². The summed E-state index contributed by atoms with van der Waals surface area (Å²) in [5.74, 6) is 0.0403. The molecule has 0 spiro atoms. The fourth-order valence-corrected chi connectivity index (χ4v) is 8.62. The Labute approximate surface area is 205 Å². The number of aliphatic hydroxyl groups is 1. The molecule has 0 radical (unpaired) electrons. The second-order valence-corrected chi connectivity index (χ2v) is 13.2. The molecule has 2 saturated carbocycles. The van der Waals surface area contributed by atoms with Gasteiger partial charge in [-0.2, -0.15) is 0 Å². The Hall–Kier alpha value is -1.68. The Kier molecular flexibility index (Phi) is 6.12. The van der Waals surface area contributed by atoms with Crippen LogP contribution in [-0.4, -0.2) is 28.1 Å². The lowest BCUT2D eigenvalue weighted by molar-refractivity contribution is -0.133. The average molecular weight is 469 g/mol. The number of carboxylic acid groups (broad SMARTS) is 1. The number of rotatable bonds is 5. The molecular formula is C30H44O4. The first-order chi connectivity index (χ1) is 15.7. The molecule has 0 bridgehead atoms. The van der Waals surface area contributed by atoms with E-state index in [2.05, 4.69) is 53.7 Å². The van der Waals surface area contributed by atoms with Crippen LogP contribution in [0.3, 0.4) is 0 Å². The molecule has 0 amide bonds. The molecule has 4 heteroatoms. The zero-order valence-electron chi connectivity index (χ0n) is 22.2. The van der Waals surface area contributed by atoms with Gasteiger partial charge in [0.15, 0.2) is 5.78 Å². The molecule has 4 aliphatic rings. The minimum atomic E-state index is -1.03. The van der Waals surface area contributed by atoms with Crippen molar-refractivity contribution in [1.29, 1.82) is 0 Å². The second-order valence-electron chi connectivity index (χ2n) is 13.2. The van der Waals surface area contributed by atoms with E-state index in [4.69, 9.17) is 5.11 Å². The Morgan fingerprint density at radius 3 is 2.41 bits per heavy atom. The molecule has 0 aliphatic heterocycles. The van der Waals surface area contributed by atoms with Gasteiger partial charge in [-0.3, -0.25) is 4.79 Å². The van der Waals surface area contributed by atoms with Crippen LogP contribution in [0.5, 0.6) is 0 Å². The van der Waals surface area contributed by atoms with Crippen LogP contribution in [0.2, 0.25) is 0 Å². The molecule has 4 rings (SSSR count). The molecule has 0 heterocycles. The first kappa shape index (κ1) is 25.4. The molecule has 0 unspecified atom stereocenters. The third-order valence-corrected chi connectivity index (χ3v) is 11.1. The normalized spacial score (nSPS) is 42.0. The van der Waals surface area contributed by atoms with Crippen LogP contribution in [0.4, 0.5) is 0 Å². The average Bonchev–Trinajstić information content (AvgIpc) is 3.03. The number of carbonyl (C=O) groups is 2. The van der Waals surface area contributed by atoms with Crippen molar-refractivity contribution in [2.75, 3.05) is 0 Å². The zero-order valence-corrected chi connectivity index (χ0v) is 22.2. The maximum atomic E-state index is 12.6. The van der Waals surface area contributed by atoms with E-state index in [0.29, 0.717) is 18.3 Å². The van der Waals surface area contributed by atoms with E-state index in [1.807, 2.05) is 0 Å². The molecule has 34 heavy (non-hydrogen) atoms. The van der Waals surface area contributed by atoms with E-state index < -0.39 is 5.97 Å². The molecule has 2 N–H and O–H groups in total. The summed E-state index contributed by atoms with van der Waals surface area (Å²) in [5.41, 5.74) is 3.34. The Bertz CT molecular complexity index is 984. The smallest absolute Gasteiger partial charge is 0.331 e. The lowest BCUT2D eigenvalue weighted by atomic mass is 9.44. The molecule has 4 nitrogen and oxygen atoms in total. The highest BCUT2D eigenvalue weighted by Crippen LogP contribution is 2.70. The Morgan fingerprint density at radius 2 is 1.76 bits per heavy atom. The van der Waals surface area contributed by atoms with Crippen LogP contribution in [0.15, 0.2) is 34.9 Å². The maximum absolute atomic E-state index is 12.6. The summed E-state index contributed by atoms with van der Waals surface area (Å²) in [6, 6.07) is 0. The number of carboxylic acids is 1. The van der Waals surface area contributed by atoms with E-state index in [9.17, 15) is 14.7 Å². The minimum Gasteiger partial charge on any atom is -0.478 e. The summed E-state index contributed by atoms with van der Waals surface area (Å²) in [5, 5.41) is 19.9. The number of allylic oxidation sites excluding steroid dienone is 5. The van der Waals surface area contributed by atoms with E-state index in [0.717, 1.165) is 38.5 Å². The van der Waals surface area contributed by atoms with Crippen LogP contribution in [-0.2, 0) is 9.59 Å². The van der Waals surface area contributed by atoms with Crippen LogP contribution in [0.1, 0.15) is 93.4 Å². The van der Waals surface area contributed by atoms with Crippen LogP contribution in [0, 0.1) is 39.4 Å². The molecule has 0 saturated heterocycles. The second kappa shape index (κ2) is 8.18. The van der Waals surface area contributed by atoms with Gasteiger partial charge in [-0.15, -0.1) is 0 Å². The van der Waals surface area contributed by atoms with Crippen molar-refractivity contribution in [3.63, 3.8) is 0 Å². The van der Waals surface area contributed by atoms with Crippen molar-refractivity contribution in [1.82, 2.24) is 0 Å². The van der Waals surface area contributed by atoms with Gasteiger partial charge in [0.1, 0.15) is 0 Å². The largest absolute Gasteiger partial charge is 0.478 e. The molecule has 188 valence electrons. The summed E-state index contributed by atoms with van der Waals surface area (Å²) in [4.78, 5) is 23.8. The number of aliphatic carboxylic acids is 1. The fourth-order valence-electron chi connectivity index (χ4n) is 8.62. The first-order valence-corrected chi connectivity index (χ1v) is 13.2. The predicted octanol–water partition coefficient (Wildman–Crippen LogP) is 6.50. The lowest BCUT2D eigenvalue weighted by Gasteiger charge is -2.61. The van der Waals surface area contributed by atoms with E-state index in [1.54, 1.807) is 5.57 Å². The van der Waals surface area contributed by atoms with Gasteiger partial charge in [0.25, 0.3) is 0 Å². The van der Waals surface area contributed by atoms with Crippen molar-refractivity contribution in [2.45, 2.75) is 99.5 Å².